The summed E-state index contributed by atoms with van der Waals surface area (Å²) in [6.07, 6.45) is 1.64. The Hall–Kier alpha value is -1.40. The van der Waals surface area contributed by atoms with Crippen LogP contribution in [0.15, 0.2) is 12.2 Å². The van der Waals surface area contributed by atoms with E-state index in [-0.39, 0.29) is 6.61 Å². The summed E-state index contributed by atoms with van der Waals surface area (Å²) in [6.45, 7) is 2.62. The van der Waals surface area contributed by atoms with Gasteiger partial charge in [0.25, 0.3) is 0 Å². The number of carbonyl (C=O) groups excluding carboxylic acids is 2. The van der Waals surface area contributed by atoms with E-state index in [2.05, 4.69) is 0 Å². The fourth-order valence-electron chi connectivity index (χ4n) is 1.39. The highest BCUT2D eigenvalue weighted by Crippen LogP contribution is 2.17. The van der Waals surface area contributed by atoms with E-state index in [0.29, 0.717) is 0 Å². The number of rotatable bonds is 4. The second-order valence-electron chi connectivity index (χ2n) is 3.54. The number of hydrogen-bond donors (Lipinski definition) is 0. The maximum Gasteiger partial charge on any atom is 0.303 e. The summed E-state index contributed by atoms with van der Waals surface area (Å²) in [5.74, 6) is -0.842. The van der Waals surface area contributed by atoms with Gasteiger partial charge < -0.3 is 18.9 Å². The third-order valence-corrected chi connectivity index (χ3v) is 2.12. The van der Waals surface area contributed by atoms with Gasteiger partial charge in [0, 0.05) is 21.0 Å². The van der Waals surface area contributed by atoms with E-state index in [0.717, 1.165) is 0 Å². The topological polar surface area (TPSA) is 71.1 Å². The molecule has 3 atom stereocenters. The maximum absolute atomic E-state index is 10.9. The Bertz CT molecular complexity index is 311. The van der Waals surface area contributed by atoms with Gasteiger partial charge in [-0.1, -0.05) is 0 Å². The first kappa shape index (κ1) is 13.7. The minimum atomic E-state index is -0.571. The lowest BCUT2D eigenvalue weighted by atomic mass is 10.1. The molecule has 0 saturated carbocycles. The molecule has 0 fully saturated rings. The lowest BCUT2D eigenvalue weighted by Gasteiger charge is -2.30. The van der Waals surface area contributed by atoms with Gasteiger partial charge in [0.05, 0.1) is 0 Å². The van der Waals surface area contributed by atoms with Crippen LogP contribution in [0.25, 0.3) is 0 Å². The molecule has 0 radical (unpaired) electrons. The fourth-order valence-corrected chi connectivity index (χ4v) is 1.39. The van der Waals surface area contributed by atoms with Crippen LogP contribution in [0, 0.1) is 0 Å². The average molecular weight is 244 g/mol. The number of ether oxygens (including phenoxy) is 4. The molecule has 6 heteroatoms. The predicted molar refractivity (Wildman–Crippen MR) is 57.0 cm³/mol. The molecule has 0 bridgehead atoms. The standard InChI is InChI=1S/C11H16O6/c1-7(12)15-6-10-9(16-8(2)13)4-5-11(14-3)17-10/h4-5,9-11H,6H2,1-3H3/t9?,10-,11?/m1/s1. The first-order valence-electron chi connectivity index (χ1n) is 5.20. The Kier molecular flexibility index (Phi) is 5.11. The van der Waals surface area contributed by atoms with Gasteiger partial charge in [0.1, 0.15) is 18.8 Å². The first-order chi connectivity index (χ1) is 8.02. The molecule has 0 saturated heterocycles. The van der Waals surface area contributed by atoms with Crippen LogP contribution in [0.1, 0.15) is 13.8 Å². The van der Waals surface area contributed by atoms with E-state index in [1.54, 1.807) is 12.2 Å². The molecule has 6 nitrogen and oxygen atoms in total. The minimum Gasteiger partial charge on any atom is -0.463 e. The van der Waals surface area contributed by atoms with E-state index < -0.39 is 30.4 Å². The quantitative estimate of drug-likeness (QED) is 0.527. The normalized spacial score (nSPS) is 27.6. The van der Waals surface area contributed by atoms with Crippen LogP contribution < -0.4 is 0 Å². The SMILES string of the molecule is COC1C=CC(OC(C)=O)[C@@H](COC(C)=O)O1. The molecule has 1 heterocycles. The fraction of sp³-hybridized carbons (Fsp3) is 0.636. The summed E-state index contributed by atoms with van der Waals surface area (Å²) in [5, 5.41) is 0. The Labute approximate surface area is 99.5 Å². The van der Waals surface area contributed by atoms with Crippen molar-refractivity contribution in [2.24, 2.45) is 0 Å². The lowest BCUT2D eigenvalue weighted by Crippen LogP contribution is -2.41. The third kappa shape index (κ3) is 4.54. The van der Waals surface area contributed by atoms with Gasteiger partial charge in [0.15, 0.2) is 6.29 Å². The third-order valence-electron chi connectivity index (χ3n) is 2.12. The maximum atomic E-state index is 10.9. The van der Waals surface area contributed by atoms with Crippen LogP contribution in [-0.2, 0) is 28.5 Å². The minimum absolute atomic E-state index is 0.0114. The summed E-state index contributed by atoms with van der Waals surface area (Å²) in [5.41, 5.74) is 0. The van der Waals surface area contributed by atoms with Crippen LogP contribution in [0.4, 0.5) is 0 Å². The highest BCUT2D eigenvalue weighted by molar-refractivity contribution is 5.66. The predicted octanol–water partition coefficient (Wildman–Crippen LogP) is 0.409. The zero-order valence-corrected chi connectivity index (χ0v) is 10.0. The molecule has 0 spiro atoms. The average Bonchev–Trinajstić information content (AvgIpc) is 2.27. The molecule has 17 heavy (non-hydrogen) atoms. The molecule has 0 aliphatic carbocycles. The second kappa shape index (κ2) is 6.36. The summed E-state index contributed by atoms with van der Waals surface area (Å²) in [4.78, 5) is 21.6. The molecule has 0 aromatic rings. The van der Waals surface area contributed by atoms with Gasteiger partial charge in [-0.15, -0.1) is 0 Å². The molecule has 96 valence electrons. The first-order valence-corrected chi connectivity index (χ1v) is 5.20. The van der Waals surface area contributed by atoms with Crippen molar-refractivity contribution >= 4 is 11.9 Å². The molecule has 0 aromatic carbocycles. The molecule has 0 aromatic heterocycles. The number of carbonyl (C=O) groups is 2. The number of hydrogen-bond acceptors (Lipinski definition) is 6. The smallest absolute Gasteiger partial charge is 0.303 e. The van der Waals surface area contributed by atoms with E-state index in [1.165, 1.54) is 21.0 Å². The summed E-state index contributed by atoms with van der Waals surface area (Å²) >= 11 is 0. The zero-order valence-electron chi connectivity index (χ0n) is 10.0. The Balaban J connectivity index is 2.62. The molecule has 1 aliphatic rings. The molecule has 1 rings (SSSR count). The Morgan fingerprint density at radius 3 is 2.47 bits per heavy atom. The van der Waals surface area contributed by atoms with Crippen LogP contribution in [0.5, 0.6) is 0 Å². The lowest BCUT2D eigenvalue weighted by molar-refractivity contribution is -0.190. The molecular weight excluding hydrogens is 228 g/mol. The van der Waals surface area contributed by atoms with Crippen molar-refractivity contribution < 1.29 is 28.5 Å². The van der Waals surface area contributed by atoms with Crippen molar-refractivity contribution in [3.05, 3.63) is 12.2 Å². The van der Waals surface area contributed by atoms with Crippen LogP contribution in [0.2, 0.25) is 0 Å². The summed E-state index contributed by atoms with van der Waals surface area (Å²) < 4.78 is 20.3. The van der Waals surface area contributed by atoms with Gasteiger partial charge >= 0.3 is 11.9 Å². The summed E-state index contributed by atoms with van der Waals surface area (Å²) in [6, 6.07) is 0. The van der Waals surface area contributed by atoms with Crippen molar-refractivity contribution in [2.45, 2.75) is 32.3 Å². The van der Waals surface area contributed by atoms with Crippen molar-refractivity contribution in [3.8, 4) is 0 Å². The summed E-state index contributed by atoms with van der Waals surface area (Å²) in [7, 11) is 1.49. The van der Waals surface area contributed by atoms with E-state index in [9.17, 15) is 9.59 Å². The van der Waals surface area contributed by atoms with Crippen molar-refractivity contribution in [3.63, 3.8) is 0 Å². The number of esters is 2. The monoisotopic (exact) mass is 244 g/mol. The Morgan fingerprint density at radius 1 is 1.24 bits per heavy atom. The van der Waals surface area contributed by atoms with Gasteiger partial charge in [0.2, 0.25) is 0 Å². The van der Waals surface area contributed by atoms with E-state index in [4.69, 9.17) is 18.9 Å². The largest absolute Gasteiger partial charge is 0.463 e. The molecule has 2 unspecified atom stereocenters. The van der Waals surface area contributed by atoms with Crippen LogP contribution in [-0.4, -0.2) is 44.2 Å². The van der Waals surface area contributed by atoms with Crippen molar-refractivity contribution in [1.82, 2.24) is 0 Å². The zero-order chi connectivity index (χ0) is 12.8. The van der Waals surface area contributed by atoms with Gasteiger partial charge in [-0.05, 0) is 12.2 Å². The molecule has 0 N–H and O–H groups in total. The van der Waals surface area contributed by atoms with Crippen molar-refractivity contribution in [1.29, 1.82) is 0 Å². The second-order valence-corrected chi connectivity index (χ2v) is 3.54. The van der Waals surface area contributed by atoms with Gasteiger partial charge in [-0.2, -0.15) is 0 Å². The van der Waals surface area contributed by atoms with E-state index >= 15 is 0 Å². The van der Waals surface area contributed by atoms with Crippen LogP contribution >= 0.6 is 0 Å². The highest BCUT2D eigenvalue weighted by Gasteiger charge is 2.30. The van der Waals surface area contributed by atoms with Gasteiger partial charge in [-0.3, -0.25) is 9.59 Å². The highest BCUT2D eigenvalue weighted by atomic mass is 16.7. The van der Waals surface area contributed by atoms with Crippen LogP contribution in [0.3, 0.4) is 0 Å². The Morgan fingerprint density at radius 2 is 1.94 bits per heavy atom. The van der Waals surface area contributed by atoms with Gasteiger partial charge in [-0.25, -0.2) is 0 Å². The van der Waals surface area contributed by atoms with Crippen molar-refractivity contribution in [2.75, 3.05) is 13.7 Å². The molecular formula is C11H16O6. The van der Waals surface area contributed by atoms with E-state index in [1.807, 2.05) is 0 Å². The molecule has 1 aliphatic heterocycles. The molecule has 0 amide bonds. The number of methoxy groups -OCH3 is 1.